The molecule has 15 heteroatoms. The number of aliphatic hydroxyl groups is 1. The minimum atomic E-state index is -4.41. The van der Waals surface area contributed by atoms with Crippen molar-refractivity contribution < 1.29 is 46.1 Å². The van der Waals surface area contributed by atoms with Crippen LogP contribution in [0.3, 0.4) is 0 Å². The maximum atomic E-state index is 13.6. The molecule has 11 nitrogen and oxygen atoms in total. The number of carbonyl (C=O) groups is 2. The minimum absolute atomic E-state index is 0.000466. The van der Waals surface area contributed by atoms with E-state index in [1.807, 2.05) is 48.0 Å². The quantitative estimate of drug-likeness (QED) is 0.174. The number of anilines is 1. The summed E-state index contributed by atoms with van der Waals surface area (Å²) in [5.74, 6) is -0.528. The Bertz CT molecular complexity index is 1510. The SMILES string of the molecule is CCn1cc2c3c(cc(C(=O)N[C@@H](Cc4ccccc4)[C@H](O)CNCCOCC(F)(F)F)cc31)N(C)S(=O)(=O)CC2.O=CO. The van der Waals surface area contributed by atoms with Crippen LogP contribution in [0.4, 0.5) is 18.9 Å². The molecule has 4 rings (SSSR count). The van der Waals surface area contributed by atoms with Crippen molar-refractivity contribution in [3.8, 4) is 0 Å². The van der Waals surface area contributed by atoms with E-state index in [0.29, 0.717) is 25.1 Å². The van der Waals surface area contributed by atoms with E-state index in [-0.39, 0.29) is 37.5 Å². The van der Waals surface area contributed by atoms with Crippen molar-refractivity contribution in [1.82, 2.24) is 15.2 Å². The lowest BCUT2D eigenvalue weighted by atomic mass is 10.00. The summed E-state index contributed by atoms with van der Waals surface area (Å²) in [6.45, 7) is 0.882. The fourth-order valence-corrected chi connectivity index (χ4v) is 6.17. The number of nitrogens with zero attached hydrogens (tertiary/aromatic N) is 2. The Morgan fingerprint density at radius 3 is 2.52 bits per heavy atom. The Morgan fingerprint density at radius 1 is 1.20 bits per heavy atom. The van der Waals surface area contributed by atoms with E-state index >= 15 is 0 Å². The number of benzene rings is 2. The van der Waals surface area contributed by atoms with Gasteiger partial charge in [0.2, 0.25) is 10.0 Å². The van der Waals surface area contributed by atoms with Gasteiger partial charge in [0.25, 0.3) is 12.4 Å². The standard InChI is InChI=1S/C28H35F3N4O5S.CH2O2/c1-3-35-17-20-9-12-41(38,39)34(2)23-14-21(15-24(35)26(20)23)27(37)33-22(13-19-7-5-4-6-8-19)25(36)16-32-10-11-40-18-28(29,30)31;2-1-3/h4-8,14-15,17,22,25,32,36H,3,9-13,16,18H2,1-2H3,(H,33,37);1H,(H,2,3)/t22-,25+;/m0./s1. The normalized spacial score (nSPS) is 15.5. The Morgan fingerprint density at radius 2 is 1.89 bits per heavy atom. The van der Waals surface area contributed by atoms with Crippen molar-refractivity contribution in [3.05, 3.63) is 65.4 Å². The van der Waals surface area contributed by atoms with Crippen molar-refractivity contribution in [1.29, 1.82) is 0 Å². The molecule has 242 valence electrons. The largest absolute Gasteiger partial charge is 0.483 e. The third kappa shape index (κ3) is 9.17. The molecule has 0 unspecified atom stereocenters. The van der Waals surface area contributed by atoms with Gasteiger partial charge in [0.1, 0.15) is 6.61 Å². The van der Waals surface area contributed by atoms with Crippen molar-refractivity contribution in [2.45, 2.75) is 44.6 Å². The number of ether oxygens (including phenoxy) is 1. The number of sulfonamides is 1. The topological polar surface area (TPSA) is 150 Å². The Labute approximate surface area is 253 Å². The van der Waals surface area contributed by atoms with Gasteiger partial charge in [0.05, 0.1) is 35.7 Å². The average molecular weight is 643 g/mol. The van der Waals surface area contributed by atoms with Gasteiger partial charge in [-0.15, -0.1) is 0 Å². The fraction of sp³-hybridized carbons (Fsp3) is 0.448. The first kappa shape index (κ1) is 34.8. The number of nitrogens with one attached hydrogen (secondary N) is 2. The van der Waals surface area contributed by atoms with E-state index in [2.05, 4.69) is 15.4 Å². The molecule has 2 heterocycles. The second-order valence-corrected chi connectivity index (χ2v) is 12.3. The third-order valence-electron chi connectivity index (χ3n) is 7.15. The monoisotopic (exact) mass is 642 g/mol. The van der Waals surface area contributed by atoms with E-state index < -0.39 is 40.9 Å². The molecule has 2 aromatic carbocycles. The van der Waals surface area contributed by atoms with Crippen LogP contribution in [0, 0.1) is 0 Å². The molecule has 0 saturated heterocycles. The lowest BCUT2D eigenvalue weighted by Gasteiger charge is -2.25. The molecule has 4 N–H and O–H groups in total. The van der Waals surface area contributed by atoms with Crippen LogP contribution in [0.15, 0.2) is 48.7 Å². The predicted octanol–water partition coefficient (Wildman–Crippen LogP) is 2.55. The highest BCUT2D eigenvalue weighted by Crippen LogP contribution is 2.37. The number of carboxylic acid groups (broad SMARTS) is 1. The first-order valence-electron chi connectivity index (χ1n) is 13.9. The highest BCUT2D eigenvalue weighted by atomic mass is 32.2. The summed E-state index contributed by atoms with van der Waals surface area (Å²) < 4.78 is 70.3. The van der Waals surface area contributed by atoms with Crippen LogP contribution in [-0.4, -0.2) is 93.0 Å². The molecule has 1 aliphatic heterocycles. The maximum Gasteiger partial charge on any atom is 0.411 e. The lowest BCUT2D eigenvalue weighted by Crippen LogP contribution is -2.49. The molecule has 3 aromatic rings. The highest BCUT2D eigenvalue weighted by Gasteiger charge is 2.30. The first-order valence-corrected chi connectivity index (χ1v) is 15.5. The van der Waals surface area contributed by atoms with Crippen LogP contribution in [-0.2, 0) is 38.9 Å². The van der Waals surface area contributed by atoms with Gasteiger partial charge in [0, 0.05) is 43.8 Å². The third-order valence-corrected chi connectivity index (χ3v) is 8.90. The summed E-state index contributed by atoms with van der Waals surface area (Å²) in [6.07, 6.45) is -2.91. The number of amides is 1. The second-order valence-electron chi connectivity index (χ2n) is 10.2. The van der Waals surface area contributed by atoms with Gasteiger partial charge < -0.3 is 30.2 Å². The molecule has 1 amide bonds. The van der Waals surface area contributed by atoms with Gasteiger partial charge in [-0.2, -0.15) is 13.2 Å². The summed E-state index contributed by atoms with van der Waals surface area (Å²) in [5.41, 5.74) is 3.18. The Hall–Kier alpha value is -3.66. The zero-order valence-corrected chi connectivity index (χ0v) is 25.2. The summed E-state index contributed by atoms with van der Waals surface area (Å²) in [4.78, 5) is 22.0. The Balaban J connectivity index is 0.00000169. The molecule has 0 spiro atoms. The molecule has 0 saturated carbocycles. The molecule has 0 bridgehead atoms. The first-order chi connectivity index (χ1) is 20.8. The molecule has 0 fully saturated rings. The number of aromatic nitrogens is 1. The van der Waals surface area contributed by atoms with E-state index in [1.165, 1.54) is 11.4 Å². The van der Waals surface area contributed by atoms with Gasteiger partial charge in [-0.3, -0.25) is 13.9 Å². The number of hydrogen-bond donors (Lipinski definition) is 4. The van der Waals surface area contributed by atoms with Gasteiger partial charge in [-0.1, -0.05) is 30.3 Å². The maximum absolute atomic E-state index is 13.6. The van der Waals surface area contributed by atoms with Gasteiger partial charge >= 0.3 is 6.18 Å². The molecule has 1 aliphatic rings. The summed E-state index contributed by atoms with van der Waals surface area (Å²) in [5, 5.41) is 24.4. The number of carbonyl (C=O) groups excluding carboxylic acids is 1. The zero-order valence-electron chi connectivity index (χ0n) is 24.4. The molecule has 0 aliphatic carbocycles. The number of aryl methyl sites for hydroxylation is 2. The number of hydrogen-bond acceptors (Lipinski definition) is 7. The number of halogens is 3. The lowest BCUT2D eigenvalue weighted by molar-refractivity contribution is -0.173. The second kappa shape index (κ2) is 15.4. The summed E-state index contributed by atoms with van der Waals surface area (Å²) in [6, 6.07) is 11.8. The zero-order chi connectivity index (χ0) is 32.5. The molecule has 0 radical (unpaired) electrons. The van der Waals surface area contributed by atoms with E-state index in [4.69, 9.17) is 9.90 Å². The van der Waals surface area contributed by atoms with Crippen LogP contribution >= 0.6 is 0 Å². The van der Waals surface area contributed by atoms with Crippen molar-refractivity contribution in [2.75, 3.05) is 43.4 Å². The van der Waals surface area contributed by atoms with Crippen molar-refractivity contribution in [2.24, 2.45) is 0 Å². The molecule has 44 heavy (non-hydrogen) atoms. The Kier molecular flexibility index (Phi) is 12.2. The van der Waals surface area contributed by atoms with Crippen LogP contribution in [0.5, 0.6) is 0 Å². The van der Waals surface area contributed by atoms with E-state index in [9.17, 15) is 31.5 Å². The van der Waals surface area contributed by atoms with E-state index in [1.54, 1.807) is 12.1 Å². The fourth-order valence-electron chi connectivity index (χ4n) is 4.97. The smallest absolute Gasteiger partial charge is 0.411 e. The summed E-state index contributed by atoms with van der Waals surface area (Å²) >= 11 is 0. The summed E-state index contributed by atoms with van der Waals surface area (Å²) in [7, 11) is -2.09. The molecular weight excluding hydrogens is 605 g/mol. The predicted molar refractivity (Wildman–Crippen MR) is 159 cm³/mol. The van der Waals surface area contributed by atoms with Crippen LogP contribution in [0.1, 0.15) is 28.4 Å². The highest BCUT2D eigenvalue weighted by molar-refractivity contribution is 7.92. The molecular formula is C29H37F3N4O7S. The van der Waals surface area contributed by atoms with Gasteiger partial charge in [0.15, 0.2) is 0 Å². The van der Waals surface area contributed by atoms with Gasteiger partial charge in [-0.05, 0) is 43.0 Å². The average Bonchev–Trinajstić information content (AvgIpc) is 3.30. The molecule has 1 aromatic heterocycles. The van der Waals surface area contributed by atoms with Crippen molar-refractivity contribution >= 4 is 39.0 Å². The van der Waals surface area contributed by atoms with Crippen LogP contribution in [0.25, 0.3) is 10.9 Å². The van der Waals surface area contributed by atoms with Crippen LogP contribution in [0.2, 0.25) is 0 Å². The van der Waals surface area contributed by atoms with Crippen LogP contribution < -0.4 is 14.9 Å². The number of rotatable bonds is 12. The number of alkyl halides is 3. The van der Waals surface area contributed by atoms with Crippen molar-refractivity contribution in [3.63, 3.8) is 0 Å². The van der Waals surface area contributed by atoms with Gasteiger partial charge in [-0.25, -0.2) is 8.42 Å². The molecule has 2 atom stereocenters. The minimum Gasteiger partial charge on any atom is -0.483 e. The number of aliphatic hydroxyl groups excluding tert-OH is 1. The van der Waals surface area contributed by atoms with E-state index in [0.717, 1.165) is 22.0 Å².